The van der Waals surface area contributed by atoms with Gasteiger partial charge in [-0.3, -0.25) is 9.78 Å². The predicted molar refractivity (Wildman–Crippen MR) is 116 cm³/mol. The van der Waals surface area contributed by atoms with Crippen LogP contribution in [-0.2, 0) is 13.6 Å². The number of carbonyl (C=O) groups is 1. The van der Waals surface area contributed by atoms with Crippen LogP contribution in [0.1, 0.15) is 21.9 Å². The van der Waals surface area contributed by atoms with Gasteiger partial charge in [0.15, 0.2) is 0 Å². The molecule has 0 saturated heterocycles. The van der Waals surface area contributed by atoms with E-state index in [0.29, 0.717) is 17.9 Å². The van der Waals surface area contributed by atoms with Crippen molar-refractivity contribution in [1.29, 1.82) is 0 Å². The lowest BCUT2D eigenvalue weighted by Gasteiger charge is -2.11. The van der Waals surface area contributed by atoms with Gasteiger partial charge in [-0.05, 0) is 61.0 Å². The minimum Gasteiger partial charge on any atom is -0.331 e. The molecule has 1 amide bonds. The molecule has 0 fully saturated rings. The van der Waals surface area contributed by atoms with Gasteiger partial charge in [-0.1, -0.05) is 0 Å². The smallest absolute Gasteiger partial charge is 0.272 e. The van der Waals surface area contributed by atoms with Gasteiger partial charge in [-0.25, -0.2) is 9.97 Å². The predicted octanol–water partition coefficient (Wildman–Crippen LogP) is 3.93. The van der Waals surface area contributed by atoms with E-state index in [1.54, 1.807) is 18.6 Å². The van der Waals surface area contributed by atoms with Crippen molar-refractivity contribution in [2.45, 2.75) is 13.5 Å². The largest absolute Gasteiger partial charge is 0.331 e. The van der Waals surface area contributed by atoms with Gasteiger partial charge in [-0.2, -0.15) is 0 Å². The number of rotatable bonds is 4. The van der Waals surface area contributed by atoms with E-state index in [2.05, 4.69) is 20.3 Å². The first-order valence-corrected chi connectivity index (χ1v) is 9.68. The normalized spacial score (nSPS) is 11.3. The van der Waals surface area contributed by atoms with E-state index in [1.807, 2.05) is 71.6 Å². The maximum atomic E-state index is 13.2. The second kappa shape index (κ2) is 7.11. The van der Waals surface area contributed by atoms with Crippen LogP contribution in [0.4, 0.5) is 5.69 Å². The fourth-order valence-corrected chi connectivity index (χ4v) is 3.70. The molecule has 0 unspecified atom stereocenters. The van der Waals surface area contributed by atoms with Gasteiger partial charge in [0.25, 0.3) is 5.91 Å². The quantitative estimate of drug-likeness (QED) is 0.499. The van der Waals surface area contributed by atoms with Crippen LogP contribution in [0.25, 0.3) is 22.1 Å². The van der Waals surface area contributed by atoms with Gasteiger partial charge in [0.05, 0.1) is 11.0 Å². The molecule has 0 aliphatic heterocycles. The van der Waals surface area contributed by atoms with Crippen molar-refractivity contribution in [3.8, 4) is 0 Å². The Morgan fingerprint density at radius 1 is 1.07 bits per heavy atom. The second-order valence-corrected chi connectivity index (χ2v) is 7.26. The summed E-state index contributed by atoms with van der Waals surface area (Å²) in [5.74, 6) is 0.742. The number of fused-ring (bicyclic) bond motifs is 2. The van der Waals surface area contributed by atoms with Crippen LogP contribution in [-0.4, -0.2) is 30.0 Å². The highest BCUT2D eigenvalue weighted by Crippen LogP contribution is 2.23. The third-order valence-electron chi connectivity index (χ3n) is 5.34. The van der Waals surface area contributed by atoms with E-state index in [9.17, 15) is 4.79 Å². The van der Waals surface area contributed by atoms with E-state index in [-0.39, 0.29) is 5.91 Å². The maximum absolute atomic E-state index is 13.2. The molecule has 0 spiro atoms. The van der Waals surface area contributed by atoms with Crippen molar-refractivity contribution < 1.29 is 4.79 Å². The monoisotopic (exact) mass is 396 g/mol. The minimum atomic E-state index is -0.186. The zero-order chi connectivity index (χ0) is 20.7. The SMILES string of the molecule is Cc1nc2cc(NC(=O)c3cc4cccnc4n3Cc3ccncc3)ccc2n1C. The number of pyridine rings is 2. The summed E-state index contributed by atoms with van der Waals surface area (Å²) in [5, 5.41) is 3.94. The summed E-state index contributed by atoms with van der Waals surface area (Å²) in [7, 11) is 1.98. The molecule has 0 aliphatic carbocycles. The topological polar surface area (TPSA) is 77.6 Å². The summed E-state index contributed by atoms with van der Waals surface area (Å²) >= 11 is 0. The Morgan fingerprint density at radius 2 is 1.90 bits per heavy atom. The van der Waals surface area contributed by atoms with Crippen LogP contribution in [0.15, 0.2) is 67.1 Å². The summed E-state index contributed by atoms with van der Waals surface area (Å²) in [5.41, 5.74) is 4.97. The Balaban J connectivity index is 1.52. The lowest BCUT2D eigenvalue weighted by Crippen LogP contribution is -2.17. The molecule has 30 heavy (non-hydrogen) atoms. The number of imidazole rings is 1. The fraction of sp³-hybridized carbons (Fsp3) is 0.130. The molecule has 0 bridgehead atoms. The van der Waals surface area contributed by atoms with E-state index < -0.39 is 0 Å². The highest BCUT2D eigenvalue weighted by Gasteiger charge is 2.17. The van der Waals surface area contributed by atoms with Crippen LogP contribution >= 0.6 is 0 Å². The first-order chi connectivity index (χ1) is 14.6. The van der Waals surface area contributed by atoms with Gasteiger partial charge >= 0.3 is 0 Å². The molecule has 0 atom stereocenters. The average Bonchev–Trinajstić information content (AvgIpc) is 3.26. The molecule has 7 heteroatoms. The maximum Gasteiger partial charge on any atom is 0.272 e. The molecule has 4 heterocycles. The second-order valence-electron chi connectivity index (χ2n) is 7.26. The molecular weight excluding hydrogens is 376 g/mol. The molecule has 1 aromatic carbocycles. The van der Waals surface area contributed by atoms with Gasteiger partial charge in [0.1, 0.15) is 17.2 Å². The van der Waals surface area contributed by atoms with E-state index >= 15 is 0 Å². The van der Waals surface area contributed by atoms with Gasteiger partial charge in [-0.15, -0.1) is 0 Å². The summed E-state index contributed by atoms with van der Waals surface area (Å²) in [6.45, 7) is 2.49. The zero-order valence-electron chi connectivity index (χ0n) is 16.7. The van der Waals surface area contributed by atoms with Gasteiger partial charge in [0.2, 0.25) is 0 Å². The third kappa shape index (κ3) is 3.10. The summed E-state index contributed by atoms with van der Waals surface area (Å²) in [6.07, 6.45) is 5.24. The number of nitrogens with one attached hydrogen (secondary N) is 1. The molecular formula is C23H20N6O. The third-order valence-corrected chi connectivity index (χ3v) is 5.34. The Hall–Kier alpha value is -4.00. The van der Waals surface area contributed by atoms with Crippen LogP contribution < -0.4 is 5.32 Å². The Kier molecular flexibility index (Phi) is 4.28. The lowest BCUT2D eigenvalue weighted by molar-refractivity contribution is 0.101. The molecule has 0 radical (unpaired) electrons. The van der Waals surface area contributed by atoms with Crippen molar-refractivity contribution in [2.24, 2.45) is 7.05 Å². The molecule has 5 rings (SSSR count). The first-order valence-electron chi connectivity index (χ1n) is 9.68. The van der Waals surface area contributed by atoms with Crippen LogP contribution in [0.2, 0.25) is 0 Å². The van der Waals surface area contributed by atoms with Crippen molar-refractivity contribution in [2.75, 3.05) is 5.32 Å². The zero-order valence-corrected chi connectivity index (χ0v) is 16.7. The van der Waals surface area contributed by atoms with Crippen LogP contribution in [0.3, 0.4) is 0 Å². The molecule has 7 nitrogen and oxygen atoms in total. The Bertz CT molecular complexity index is 1380. The van der Waals surface area contributed by atoms with Gasteiger partial charge < -0.3 is 14.5 Å². The molecule has 5 aromatic rings. The molecule has 4 aromatic heterocycles. The molecule has 0 aliphatic rings. The Labute approximate surface area is 173 Å². The highest BCUT2D eigenvalue weighted by atomic mass is 16.1. The van der Waals surface area contributed by atoms with E-state index in [1.165, 1.54) is 0 Å². The van der Waals surface area contributed by atoms with Gasteiger partial charge in [0, 0.05) is 43.3 Å². The van der Waals surface area contributed by atoms with Crippen LogP contribution in [0, 0.1) is 6.92 Å². The van der Waals surface area contributed by atoms with E-state index in [4.69, 9.17) is 0 Å². The number of aromatic nitrogens is 5. The first kappa shape index (κ1) is 18.1. The number of hydrogen-bond acceptors (Lipinski definition) is 4. The number of anilines is 1. The standard InChI is InChI=1S/C23H20N6O/c1-15-26-19-13-18(5-6-20(19)28(15)2)27-23(30)21-12-17-4-3-9-25-22(17)29(21)14-16-7-10-24-11-8-16/h3-13H,14H2,1-2H3,(H,27,30). The van der Waals surface area contributed by atoms with E-state index in [0.717, 1.165) is 33.5 Å². The highest BCUT2D eigenvalue weighted by molar-refractivity contribution is 6.06. The van der Waals surface area contributed by atoms with Crippen molar-refractivity contribution in [3.05, 3.63) is 84.2 Å². The van der Waals surface area contributed by atoms with Crippen molar-refractivity contribution in [1.82, 2.24) is 24.1 Å². The Morgan fingerprint density at radius 3 is 2.73 bits per heavy atom. The lowest BCUT2D eigenvalue weighted by atomic mass is 10.2. The summed E-state index contributed by atoms with van der Waals surface area (Å²) < 4.78 is 3.96. The minimum absolute atomic E-state index is 0.186. The number of carbonyl (C=O) groups excluding carboxylic acids is 1. The number of benzene rings is 1. The van der Waals surface area contributed by atoms with Crippen LogP contribution in [0.5, 0.6) is 0 Å². The fourth-order valence-electron chi connectivity index (χ4n) is 3.70. The molecule has 148 valence electrons. The number of amides is 1. The number of aryl methyl sites for hydroxylation is 2. The summed E-state index contributed by atoms with van der Waals surface area (Å²) in [6, 6.07) is 15.4. The molecule has 0 saturated carbocycles. The number of nitrogens with zero attached hydrogens (tertiary/aromatic N) is 5. The van der Waals surface area contributed by atoms with Crippen molar-refractivity contribution in [3.63, 3.8) is 0 Å². The van der Waals surface area contributed by atoms with Crippen molar-refractivity contribution >= 4 is 33.7 Å². The summed E-state index contributed by atoms with van der Waals surface area (Å²) in [4.78, 5) is 26.3. The average molecular weight is 396 g/mol. The number of hydrogen-bond donors (Lipinski definition) is 1. The molecule has 1 N–H and O–H groups in total.